The van der Waals surface area contributed by atoms with Crippen LogP contribution in [0.1, 0.15) is 18.4 Å². The molecule has 1 N–H and O–H groups in total. The number of carbonyl (C=O) groups is 2. The second-order valence-corrected chi connectivity index (χ2v) is 6.77. The van der Waals surface area contributed by atoms with Crippen LogP contribution in [0.4, 0.5) is 10.5 Å². The van der Waals surface area contributed by atoms with E-state index < -0.39 is 0 Å². The largest absolute Gasteiger partial charge is 0.331 e. The Hall–Kier alpha value is -1.56. The molecule has 1 aromatic carbocycles. The van der Waals surface area contributed by atoms with Gasteiger partial charge in [-0.15, -0.1) is 0 Å². The van der Waals surface area contributed by atoms with E-state index in [-0.39, 0.29) is 17.9 Å². The zero-order chi connectivity index (χ0) is 16.3. The number of piperidine rings is 1. The van der Waals surface area contributed by atoms with Gasteiger partial charge in [0.1, 0.15) is 0 Å². The lowest BCUT2D eigenvalue weighted by molar-refractivity contribution is -0.121. The molecule has 22 heavy (non-hydrogen) atoms. The van der Waals surface area contributed by atoms with Crippen molar-refractivity contribution in [2.45, 2.75) is 19.8 Å². The van der Waals surface area contributed by atoms with Crippen LogP contribution < -0.4 is 5.32 Å². The second kappa shape index (κ2) is 7.13. The maximum absolute atomic E-state index is 12.4. The topological polar surface area (TPSA) is 52.7 Å². The van der Waals surface area contributed by atoms with E-state index in [1.165, 1.54) is 0 Å². The highest BCUT2D eigenvalue weighted by atomic mass is 79.9. The maximum Gasteiger partial charge on any atom is 0.319 e. The summed E-state index contributed by atoms with van der Waals surface area (Å²) < 4.78 is 1.02. The van der Waals surface area contributed by atoms with Gasteiger partial charge >= 0.3 is 6.03 Å². The lowest BCUT2D eigenvalue weighted by Gasteiger charge is -2.33. The first-order chi connectivity index (χ1) is 10.4. The number of benzene rings is 1. The van der Waals surface area contributed by atoms with Gasteiger partial charge < -0.3 is 15.1 Å². The van der Waals surface area contributed by atoms with Gasteiger partial charge in [0.05, 0.1) is 5.92 Å². The summed E-state index contributed by atoms with van der Waals surface area (Å²) in [4.78, 5) is 27.8. The van der Waals surface area contributed by atoms with Crippen molar-refractivity contribution in [1.29, 1.82) is 0 Å². The van der Waals surface area contributed by atoms with Crippen LogP contribution >= 0.6 is 15.9 Å². The highest BCUT2D eigenvalue weighted by molar-refractivity contribution is 9.10. The molecule has 0 bridgehead atoms. The van der Waals surface area contributed by atoms with Crippen LogP contribution in [0, 0.1) is 12.8 Å². The number of nitrogens with one attached hydrogen (secondary N) is 1. The molecule has 0 spiro atoms. The predicted molar refractivity (Wildman–Crippen MR) is 90.9 cm³/mol. The zero-order valence-electron chi connectivity index (χ0n) is 13.2. The fourth-order valence-corrected chi connectivity index (χ4v) is 2.86. The smallest absolute Gasteiger partial charge is 0.319 e. The third kappa shape index (κ3) is 4.00. The first-order valence-corrected chi connectivity index (χ1v) is 8.21. The molecule has 1 aliphatic heterocycles. The Balaban J connectivity index is 1.99. The number of nitrogens with zero attached hydrogens (tertiary/aromatic N) is 2. The lowest BCUT2D eigenvalue weighted by Crippen LogP contribution is -2.47. The van der Waals surface area contributed by atoms with Crippen molar-refractivity contribution in [2.75, 3.05) is 32.5 Å². The summed E-state index contributed by atoms with van der Waals surface area (Å²) in [5.74, 6) is -0.167. The molecule has 2 rings (SSSR count). The highest BCUT2D eigenvalue weighted by Gasteiger charge is 2.29. The minimum atomic E-state index is -0.151. The number of hydrogen-bond acceptors (Lipinski definition) is 2. The number of likely N-dealkylation sites (tertiary alicyclic amines) is 1. The Labute approximate surface area is 139 Å². The molecule has 1 fully saturated rings. The van der Waals surface area contributed by atoms with Gasteiger partial charge in [0.25, 0.3) is 0 Å². The SMILES string of the molecule is Cc1cc(NC(=O)[C@@H]2CCCN(C(=O)N(C)C)C2)ccc1Br. The van der Waals surface area contributed by atoms with Crippen molar-refractivity contribution in [1.82, 2.24) is 9.80 Å². The van der Waals surface area contributed by atoms with Crippen LogP contribution in [0.3, 0.4) is 0 Å². The minimum Gasteiger partial charge on any atom is -0.331 e. The van der Waals surface area contributed by atoms with Gasteiger partial charge in [0, 0.05) is 37.3 Å². The third-order valence-corrected chi connectivity index (χ3v) is 4.76. The van der Waals surface area contributed by atoms with Crippen LogP contribution in [0.5, 0.6) is 0 Å². The van der Waals surface area contributed by atoms with E-state index in [4.69, 9.17) is 0 Å². The molecule has 1 atom stereocenters. The Morgan fingerprint density at radius 3 is 2.73 bits per heavy atom. The van der Waals surface area contributed by atoms with Crippen LogP contribution in [-0.4, -0.2) is 48.9 Å². The molecule has 1 heterocycles. The molecule has 1 aromatic rings. The number of halogens is 1. The number of urea groups is 1. The van der Waals surface area contributed by atoms with Gasteiger partial charge in [0.15, 0.2) is 0 Å². The number of aryl methyl sites for hydroxylation is 1. The summed E-state index contributed by atoms with van der Waals surface area (Å²) in [6, 6.07) is 5.71. The monoisotopic (exact) mass is 367 g/mol. The molecule has 0 aliphatic carbocycles. The normalized spacial score (nSPS) is 18.0. The van der Waals surface area contributed by atoms with E-state index in [1.807, 2.05) is 25.1 Å². The first kappa shape index (κ1) is 16.8. The highest BCUT2D eigenvalue weighted by Crippen LogP contribution is 2.22. The molecule has 120 valence electrons. The predicted octanol–water partition coefficient (Wildman–Crippen LogP) is 3.09. The molecule has 0 unspecified atom stereocenters. The van der Waals surface area contributed by atoms with Crippen molar-refractivity contribution in [3.63, 3.8) is 0 Å². The number of amides is 3. The van der Waals surface area contributed by atoms with Gasteiger partial charge in [-0.25, -0.2) is 4.79 Å². The van der Waals surface area contributed by atoms with E-state index in [9.17, 15) is 9.59 Å². The Morgan fingerprint density at radius 1 is 1.36 bits per heavy atom. The molecule has 6 heteroatoms. The van der Waals surface area contributed by atoms with Crippen molar-refractivity contribution in [3.8, 4) is 0 Å². The number of hydrogen-bond donors (Lipinski definition) is 1. The molecular formula is C16H22BrN3O2. The molecule has 0 saturated carbocycles. The zero-order valence-corrected chi connectivity index (χ0v) is 14.8. The number of carbonyl (C=O) groups excluding carboxylic acids is 2. The van der Waals surface area contributed by atoms with Crippen molar-refractivity contribution in [3.05, 3.63) is 28.2 Å². The van der Waals surface area contributed by atoms with Crippen LogP contribution in [0.25, 0.3) is 0 Å². The summed E-state index contributed by atoms with van der Waals surface area (Å²) in [5, 5.41) is 2.96. The van der Waals surface area contributed by atoms with E-state index in [2.05, 4.69) is 21.2 Å². The quantitative estimate of drug-likeness (QED) is 0.872. The van der Waals surface area contributed by atoms with Crippen LogP contribution in [0.2, 0.25) is 0 Å². The summed E-state index contributed by atoms with van der Waals surface area (Å²) in [6.45, 7) is 3.19. The van der Waals surface area contributed by atoms with Crippen LogP contribution in [-0.2, 0) is 4.79 Å². The van der Waals surface area contributed by atoms with Gasteiger partial charge in [0.2, 0.25) is 5.91 Å². The second-order valence-electron chi connectivity index (χ2n) is 5.92. The number of anilines is 1. The summed E-state index contributed by atoms with van der Waals surface area (Å²) in [5.41, 5.74) is 1.87. The van der Waals surface area contributed by atoms with Gasteiger partial charge in [-0.3, -0.25) is 4.79 Å². The molecule has 0 aromatic heterocycles. The molecule has 1 aliphatic rings. The third-order valence-electron chi connectivity index (χ3n) is 3.87. The Morgan fingerprint density at radius 2 is 2.09 bits per heavy atom. The standard InChI is InChI=1S/C16H22BrN3O2/c1-11-9-13(6-7-14(11)17)18-15(21)12-5-4-8-20(10-12)16(22)19(2)3/h6-7,9,12H,4-5,8,10H2,1-3H3,(H,18,21)/t12-/m1/s1. The Bertz CT molecular complexity index is 575. The van der Waals surface area contributed by atoms with Crippen molar-refractivity contribution >= 4 is 33.6 Å². The number of rotatable bonds is 2. The summed E-state index contributed by atoms with van der Waals surface area (Å²) >= 11 is 3.45. The van der Waals surface area contributed by atoms with E-state index in [0.29, 0.717) is 6.54 Å². The van der Waals surface area contributed by atoms with Crippen molar-refractivity contribution < 1.29 is 9.59 Å². The van der Waals surface area contributed by atoms with E-state index in [0.717, 1.165) is 35.1 Å². The van der Waals surface area contributed by atoms with Crippen molar-refractivity contribution in [2.24, 2.45) is 5.92 Å². The molecule has 3 amide bonds. The van der Waals surface area contributed by atoms with E-state index >= 15 is 0 Å². The van der Waals surface area contributed by atoms with Gasteiger partial charge in [-0.2, -0.15) is 0 Å². The molecule has 0 radical (unpaired) electrons. The average molecular weight is 368 g/mol. The van der Waals surface area contributed by atoms with Gasteiger partial charge in [-0.05, 0) is 43.5 Å². The first-order valence-electron chi connectivity index (χ1n) is 7.41. The minimum absolute atomic E-state index is 0.0158. The maximum atomic E-state index is 12.4. The fourth-order valence-electron chi connectivity index (χ4n) is 2.61. The fraction of sp³-hybridized carbons (Fsp3) is 0.500. The average Bonchev–Trinajstić information content (AvgIpc) is 2.50. The lowest BCUT2D eigenvalue weighted by atomic mass is 9.97. The summed E-state index contributed by atoms with van der Waals surface area (Å²) in [6.07, 6.45) is 1.68. The molecular weight excluding hydrogens is 346 g/mol. The summed E-state index contributed by atoms with van der Waals surface area (Å²) in [7, 11) is 3.47. The van der Waals surface area contributed by atoms with Crippen LogP contribution in [0.15, 0.2) is 22.7 Å². The van der Waals surface area contributed by atoms with E-state index in [1.54, 1.807) is 23.9 Å². The Kier molecular flexibility index (Phi) is 5.45. The molecule has 1 saturated heterocycles. The molecule has 5 nitrogen and oxygen atoms in total. The van der Waals surface area contributed by atoms with Gasteiger partial charge in [-0.1, -0.05) is 15.9 Å².